The maximum atomic E-state index is 13.0. The number of carbonyl (C=O) groups excluding carboxylic acids is 3. The standard InChI is InChI=1S/C26H21Cl2N3O3/c1-14-6-4-8-20(15(14)2)30-24(32)17-10-12-18(13-11-17)29-23-22(28)25(33)31(26(23)34)21-9-5-7-19(27)16(21)3/h4-13,29H,1-3H3,(H,30,32). The van der Waals surface area contributed by atoms with E-state index in [-0.39, 0.29) is 16.6 Å². The molecule has 2 N–H and O–H groups in total. The van der Waals surface area contributed by atoms with Crippen molar-refractivity contribution in [1.29, 1.82) is 0 Å². The van der Waals surface area contributed by atoms with Crippen molar-refractivity contribution >= 4 is 58.0 Å². The van der Waals surface area contributed by atoms with Crippen molar-refractivity contribution in [2.75, 3.05) is 15.5 Å². The van der Waals surface area contributed by atoms with Crippen molar-refractivity contribution in [2.24, 2.45) is 0 Å². The lowest BCUT2D eigenvalue weighted by Crippen LogP contribution is -2.32. The van der Waals surface area contributed by atoms with Crippen LogP contribution in [-0.2, 0) is 9.59 Å². The monoisotopic (exact) mass is 493 g/mol. The first-order chi connectivity index (χ1) is 16.2. The first-order valence-corrected chi connectivity index (χ1v) is 11.2. The molecule has 1 aliphatic rings. The van der Waals surface area contributed by atoms with Gasteiger partial charge >= 0.3 is 0 Å². The molecule has 0 fully saturated rings. The van der Waals surface area contributed by atoms with Gasteiger partial charge in [-0.1, -0.05) is 41.4 Å². The zero-order valence-corrected chi connectivity index (χ0v) is 20.2. The van der Waals surface area contributed by atoms with Gasteiger partial charge in [0.15, 0.2) is 0 Å². The zero-order valence-electron chi connectivity index (χ0n) is 18.7. The molecule has 1 heterocycles. The Hall–Kier alpha value is -3.61. The van der Waals surface area contributed by atoms with E-state index in [9.17, 15) is 14.4 Å². The number of nitrogens with one attached hydrogen (secondary N) is 2. The summed E-state index contributed by atoms with van der Waals surface area (Å²) in [6.45, 7) is 5.65. The summed E-state index contributed by atoms with van der Waals surface area (Å²) >= 11 is 12.4. The quantitative estimate of drug-likeness (QED) is 0.430. The molecule has 0 aromatic heterocycles. The number of aryl methyl sites for hydroxylation is 1. The maximum Gasteiger partial charge on any atom is 0.283 e. The molecular weight excluding hydrogens is 473 g/mol. The molecule has 8 heteroatoms. The minimum atomic E-state index is -0.635. The molecule has 34 heavy (non-hydrogen) atoms. The molecule has 6 nitrogen and oxygen atoms in total. The van der Waals surface area contributed by atoms with Gasteiger partial charge < -0.3 is 10.6 Å². The SMILES string of the molecule is Cc1cccc(NC(=O)c2ccc(NC3=C(Cl)C(=O)N(c4cccc(Cl)c4C)C3=O)cc2)c1C. The summed E-state index contributed by atoms with van der Waals surface area (Å²) in [4.78, 5) is 39.4. The largest absolute Gasteiger partial charge is 0.350 e. The third kappa shape index (κ3) is 4.30. The first kappa shape index (κ1) is 23.5. The molecule has 3 aromatic rings. The molecule has 0 saturated carbocycles. The number of halogens is 2. The van der Waals surface area contributed by atoms with Gasteiger partial charge in [0.2, 0.25) is 0 Å². The van der Waals surface area contributed by atoms with Crippen LogP contribution in [0.1, 0.15) is 27.0 Å². The number of amides is 3. The summed E-state index contributed by atoms with van der Waals surface area (Å²) in [7, 11) is 0. The van der Waals surface area contributed by atoms with Crippen LogP contribution >= 0.6 is 23.2 Å². The number of benzene rings is 3. The summed E-state index contributed by atoms with van der Waals surface area (Å²) in [6, 6.07) is 17.2. The molecular formula is C26H21Cl2N3O3. The van der Waals surface area contributed by atoms with Crippen LogP contribution in [0.3, 0.4) is 0 Å². The van der Waals surface area contributed by atoms with Crippen LogP contribution in [-0.4, -0.2) is 17.7 Å². The van der Waals surface area contributed by atoms with Crippen molar-refractivity contribution in [3.05, 3.63) is 98.7 Å². The lowest BCUT2D eigenvalue weighted by atomic mass is 10.1. The Morgan fingerprint density at radius 3 is 2.21 bits per heavy atom. The third-order valence-electron chi connectivity index (χ3n) is 5.78. The van der Waals surface area contributed by atoms with Gasteiger partial charge in [-0.05, 0) is 79.9 Å². The minimum Gasteiger partial charge on any atom is -0.350 e. The van der Waals surface area contributed by atoms with Crippen molar-refractivity contribution in [2.45, 2.75) is 20.8 Å². The lowest BCUT2D eigenvalue weighted by molar-refractivity contribution is -0.120. The van der Waals surface area contributed by atoms with Crippen LogP contribution < -0.4 is 15.5 Å². The highest BCUT2D eigenvalue weighted by atomic mass is 35.5. The fraction of sp³-hybridized carbons (Fsp3) is 0.115. The van der Waals surface area contributed by atoms with Crippen LogP contribution in [0.25, 0.3) is 0 Å². The molecule has 3 aromatic carbocycles. The fourth-order valence-corrected chi connectivity index (χ4v) is 3.98. The number of hydrogen-bond donors (Lipinski definition) is 2. The fourth-order valence-electron chi connectivity index (χ4n) is 3.60. The third-order valence-corrected chi connectivity index (χ3v) is 6.54. The van der Waals surface area contributed by atoms with E-state index in [0.717, 1.165) is 21.7 Å². The Morgan fingerprint density at radius 2 is 1.50 bits per heavy atom. The van der Waals surface area contributed by atoms with E-state index in [0.29, 0.717) is 27.5 Å². The van der Waals surface area contributed by atoms with Crippen molar-refractivity contribution in [1.82, 2.24) is 0 Å². The number of rotatable bonds is 5. The molecule has 0 aliphatic carbocycles. The number of hydrogen-bond acceptors (Lipinski definition) is 4. The highest BCUT2D eigenvalue weighted by Crippen LogP contribution is 2.34. The van der Waals surface area contributed by atoms with E-state index >= 15 is 0 Å². The van der Waals surface area contributed by atoms with E-state index in [1.807, 2.05) is 32.0 Å². The van der Waals surface area contributed by atoms with Gasteiger partial charge in [-0.3, -0.25) is 14.4 Å². The molecule has 0 saturated heterocycles. The highest BCUT2D eigenvalue weighted by molar-refractivity contribution is 6.53. The average molecular weight is 494 g/mol. The van der Waals surface area contributed by atoms with Gasteiger partial charge in [-0.15, -0.1) is 0 Å². The van der Waals surface area contributed by atoms with E-state index in [1.54, 1.807) is 49.4 Å². The molecule has 172 valence electrons. The second kappa shape index (κ2) is 9.33. The molecule has 0 spiro atoms. The van der Waals surface area contributed by atoms with Gasteiger partial charge in [0.25, 0.3) is 17.7 Å². The molecule has 0 radical (unpaired) electrons. The maximum absolute atomic E-state index is 13.0. The molecule has 4 rings (SSSR count). The second-order valence-electron chi connectivity index (χ2n) is 7.92. The predicted molar refractivity (Wildman–Crippen MR) is 135 cm³/mol. The molecule has 0 bridgehead atoms. The van der Waals surface area contributed by atoms with Crippen LogP contribution in [0, 0.1) is 20.8 Å². The molecule has 0 unspecified atom stereocenters. The van der Waals surface area contributed by atoms with Gasteiger partial charge in [-0.25, -0.2) is 4.90 Å². The van der Waals surface area contributed by atoms with Crippen molar-refractivity contribution in [3.8, 4) is 0 Å². The Bertz CT molecular complexity index is 1360. The van der Waals surface area contributed by atoms with E-state index in [2.05, 4.69) is 10.6 Å². The summed E-state index contributed by atoms with van der Waals surface area (Å²) in [5.74, 6) is -1.48. The minimum absolute atomic E-state index is 0.0429. The average Bonchev–Trinajstić information content (AvgIpc) is 3.02. The smallest absolute Gasteiger partial charge is 0.283 e. The van der Waals surface area contributed by atoms with Gasteiger partial charge in [0, 0.05) is 22.0 Å². The zero-order chi connectivity index (χ0) is 24.6. The second-order valence-corrected chi connectivity index (χ2v) is 8.71. The summed E-state index contributed by atoms with van der Waals surface area (Å²) < 4.78 is 0. The topological polar surface area (TPSA) is 78.5 Å². The van der Waals surface area contributed by atoms with Gasteiger partial charge in [-0.2, -0.15) is 0 Å². The first-order valence-electron chi connectivity index (χ1n) is 10.5. The van der Waals surface area contributed by atoms with E-state index in [4.69, 9.17) is 23.2 Å². The molecule has 1 aliphatic heterocycles. The van der Waals surface area contributed by atoms with Gasteiger partial charge in [0.05, 0.1) is 5.69 Å². The van der Waals surface area contributed by atoms with Crippen LogP contribution in [0.15, 0.2) is 71.4 Å². The van der Waals surface area contributed by atoms with Gasteiger partial charge in [0.1, 0.15) is 10.7 Å². The van der Waals surface area contributed by atoms with Crippen molar-refractivity contribution in [3.63, 3.8) is 0 Å². The number of anilines is 3. The van der Waals surface area contributed by atoms with Crippen LogP contribution in [0.2, 0.25) is 5.02 Å². The normalized spacial score (nSPS) is 13.5. The summed E-state index contributed by atoms with van der Waals surface area (Å²) in [5.41, 5.74) is 4.69. The molecule has 3 amide bonds. The van der Waals surface area contributed by atoms with Crippen LogP contribution in [0.4, 0.5) is 17.1 Å². The van der Waals surface area contributed by atoms with Crippen molar-refractivity contribution < 1.29 is 14.4 Å². The Labute approximate surface area is 207 Å². The lowest BCUT2D eigenvalue weighted by Gasteiger charge is -2.18. The Morgan fingerprint density at radius 1 is 0.824 bits per heavy atom. The number of imide groups is 1. The predicted octanol–water partition coefficient (Wildman–Crippen LogP) is 5.95. The summed E-state index contributed by atoms with van der Waals surface area (Å²) in [5, 5.41) is 6.03. The highest BCUT2D eigenvalue weighted by Gasteiger charge is 2.39. The Balaban J connectivity index is 1.51. The number of carbonyl (C=O) groups is 3. The van der Waals surface area contributed by atoms with E-state index < -0.39 is 11.8 Å². The van der Waals surface area contributed by atoms with E-state index in [1.165, 1.54) is 0 Å². The Kier molecular flexibility index (Phi) is 6.46. The number of nitrogens with zero attached hydrogens (tertiary/aromatic N) is 1. The van der Waals surface area contributed by atoms with Crippen LogP contribution in [0.5, 0.6) is 0 Å². The summed E-state index contributed by atoms with van der Waals surface area (Å²) in [6.07, 6.45) is 0. The molecule has 0 atom stereocenters.